The van der Waals surface area contributed by atoms with Crippen molar-refractivity contribution in [3.63, 3.8) is 0 Å². The Kier molecular flexibility index (Phi) is 9.29. The van der Waals surface area contributed by atoms with Gasteiger partial charge in [0, 0.05) is 0 Å². The van der Waals surface area contributed by atoms with Crippen LogP contribution in [0.4, 0.5) is 22.0 Å². The van der Waals surface area contributed by atoms with Gasteiger partial charge in [0.1, 0.15) is 0 Å². The second-order valence-corrected chi connectivity index (χ2v) is 10.8. The highest BCUT2D eigenvalue weighted by Gasteiger charge is 2.28. The van der Waals surface area contributed by atoms with Crippen LogP contribution in [0.2, 0.25) is 19.6 Å². The zero-order chi connectivity index (χ0) is 20.6. The van der Waals surface area contributed by atoms with E-state index in [1.807, 2.05) is 19.6 Å². The Morgan fingerprint density at radius 2 is 1.19 bits per heavy atom. The van der Waals surface area contributed by atoms with E-state index >= 15 is 0 Å². The van der Waals surface area contributed by atoms with Gasteiger partial charge >= 0.3 is 5.97 Å². The molecule has 0 heterocycles. The van der Waals surface area contributed by atoms with Gasteiger partial charge in [-0.25, -0.2) is 13.2 Å². The van der Waals surface area contributed by atoms with Gasteiger partial charge in [0.15, 0.2) is 8.32 Å². The third kappa shape index (κ3) is 7.91. The van der Waals surface area contributed by atoms with E-state index in [-0.39, 0.29) is 19.8 Å². The van der Waals surface area contributed by atoms with Crippen LogP contribution in [0.25, 0.3) is 0 Å². The fourth-order valence-corrected chi connectivity index (χ4v) is 2.42. The highest BCUT2D eigenvalue weighted by Crippen LogP contribution is 2.29. The predicted molar refractivity (Wildman–Crippen MR) is 87.4 cm³/mol. The zero-order valence-electron chi connectivity index (χ0n) is 15.2. The Hall–Kier alpha value is -1.56. The van der Waals surface area contributed by atoms with Crippen molar-refractivity contribution in [2.45, 2.75) is 26.1 Å². The molecule has 0 saturated carbocycles. The van der Waals surface area contributed by atoms with E-state index in [1.165, 1.54) is 0 Å². The van der Waals surface area contributed by atoms with Gasteiger partial charge < -0.3 is 18.6 Å². The van der Waals surface area contributed by atoms with E-state index < -0.39 is 55.5 Å². The minimum absolute atomic E-state index is 0.142. The van der Waals surface area contributed by atoms with E-state index in [0.717, 1.165) is 0 Å². The summed E-state index contributed by atoms with van der Waals surface area (Å²) in [5, 5.41) is 0. The normalized spacial score (nSPS) is 11.7. The lowest BCUT2D eigenvalue weighted by molar-refractivity contribution is -0.136. The Morgan fingerprint density at radius 1 is 0.741 bits per heavy atom. The molecule has 0 aromatic heterocycles. The summed E-state index contributed by atoms with van der Waals surface area (Å²) >= 11 is 0. The van der Waals surface area contributed by atoms with Crippen molar-refractivity contribution in [3.05, 3.63) is 29.1 Å². The first-order chi connectivity index (χ1) is 12.5. The van der Waals surface area contributed by atoms with Crippen LogP contribution in [0, 0.1) is 29.1 Å². The van der Waals surface area contributed by atoms with Crippen molar-refractivity contribution in [2.24, 2.45) is 0 Å². The standard InChI is InChI=1S/C16H21F5O5Si/c1-27(2,3)25-9-8-24-7-6-23-5-4-10(22)26-16-14(20)12(18)11(17)13(19)15(16)21/h4-9H2,1-3H3. The summed E-state index contributed by atoms with van der Waals surface area (Å²) in [6, 6.07) is 0. The number of benzene rings is 1. The molecule has 0 N–H and O–H groups in total. The highest BCUT2D eigenvalue weighted by molar-refractivity contribution is 6.69. The van der Waals surface area contributed by atoms with Crippen molar-refractivity contribution in [2.75, 3.05) is 33.0 Å². The number of ether oxygens (including phenoxy) is 3. The smallest absolute Gasteiger partial charge is 0.313 e. The Bertz CT molecular complexity index is 622. The molecule has 27 heavy (non-hydrogen) atoms. The topological polar surface area (TPSA) is 54.0 Å². The molecule has 0 aliphatic heterocycles. The Labute approximate surface area is 154 Å². The second-order valence-electron chi connectivity index (χ2n) is 6.31. The van der Waals surface area contributed by atoms with Crippen molar-refractivity contribution in [1.29, 1.82) is 0 Å². The van der Waals surface area contributed by atoms with E-state index in [0.29, 0.717) is 13.2 Å². The fourth-order valence-electron chi connectivity index (χ4n) is 1.72. The maximum atomic E-state index is 13.4. The largest absolute Gasteiger partial charge is 0.420 e. The molecule has 0 aliphatic carbocycles. The average Bonchev–Trinajstić information content (AvgIpc) is 2.59. The summed E-state index contributed by atoms with van der Waals surface area (Å²) in [4.78, 5) is 11.5. The van der Waals surface area contributed by atoms with Crippen LogP contribution >= 0.6 is 0 Å². The van der Waals surface area contributed by atoms with Crippen LogP contribution in [0.15, 0.2) is 0 Å². The van der Waals surface area contributed by atoms with Gasteiger partial charge in [-0.1, -0.05) is 0 Å². The van der Waals surface area contributed by atoms with Crippen LogP contribution in [0.3, 0.4) is 0 Å². The molecule has 5 nitrogen and oxygen atoms in total. The average molecular weight is 416 g/mol. The fraction of sp³-hybridized carbons (Fsp3) is 0.562. The van der Waals surface area contributed by atoms with Gasteiger partial charge in [0.05, 0.1) is 39.5 Å². The minimum atomic E-state index is -2.33. The molecule has 0 bridgehead atoms. The molecule has 0 fully saturated rings. The summed E-state index contributed by atoms with van der Waals surface area (Å²) in [5.74, 6) is -14.0. The monoisotopic (exact) mass is 416 g/mol. The number of carbonyl (C=O) groups excluding carboxylic acids is 1. The SMILES string of the molecule is C[Si](C)(C)OCCOCCOCCC(=O)Oc1c(F)c(F)c(F)c(F)c1F. The molecule has 0 radical (unpaired) electrons. The molecule has 1 aromatic carbocycles. The van der Waals surface area contributed by atoms with Crippen LogP contribution in [0.5, 0.6) is 5.75 Å². The first-order valence-electron chi connectivity index (χ1n) is 8.06. The van der Waals surface area contributed by atoms with E-state index in [4.69, 9.17) is 13.9 Å². The van der Waals surface area contributed by atoms with Crippen LogP contribution in [0.1, 0.15) is 6.42 Å². The molecule has 0 saturated heterocycles. The van der Waals surface area contributed by atoms with Gasteiger partial charge in [0.25, 0.3) is 0 Å². The van der Waals surface area contributed by atoms with Crippen molar-refractivity contribution >= 4 is 14.3 Å². The molecule has 0 spiro atoms. The third-order valence-electron chi connectivity index (χ3n) is 2.97. The van der Waals surface area contributed by atoms with Crippen LogP contribution < -0.4 is 4.74 Å². The molecule has 1 aromatic rings. The van der Waals surface area contributed by atoms with E-state index in [1.54, 1.807) is 0 Å². The zero-order valence-corrected chi connectivity index (χ0v) is 16.2. The summed E-state index contributed by atoms with van der Waals surface area (Å²) in [7, 11) is -1.59. The molecule has 11 heteroatoms. The van der Waals surface area contributed by atoms with Crippen molar-refractivity contribution in [3.8, 4) is 5.75 Å². The molecular formula is C16H21F5O5Si. The molecule has 0 aliphatic rings. The molecular weight excluding hydrogens is 395 g/mol. The van der Waals surface area contributed by atoms with Crippen LogP contribution in [-0.4, -0.2) is 47.3 Å². The Morgan fingerprint density at radius 3 is 1.70 bits per heavy atom. The molecule has 1 rings (SSSR count). The second kappa shape index (κ2) is 10.7. The highest BCUT2D eigenvalue weighted by atomic mass is 28.4. The number of esters is 1. The first kappa shape index (κ1) is 23.5. The van der Waals surface area contributed by atoms with Gasteiger partial charge in [-0.2, -0.15) is 8.78 Å². The molecule has 0 unspecified atom stereocenters. The Balaban J connectivity index is 2.28. The summed E-state index contributed by atoms with van der Waals surface area (Å²) in [5.41, 5.74) is 0. The van der Waals surface area contributed by atoms with Gasteiger partial charge in [-0.3, -0.25) is 4.79 Å². The summed E-state index contributed by atoms with van der Waals surface area (Å²) in [6.07, 6.45) is -0.446. The summed E-state index contributed by atoms with van der Waals surface area (Å²) in [6.45, 7) is 7.18. The van der Waals surface area contributed by atoms with E-state index in [2.05, 4.69) is 4.74 Å². The molecule has 0 atom stereocenters. The maximum absolute atomic E-state index is 13.4. The van der Waals surface area contributed by atoms with Crippen LogP contribution in [-0.2, 0) is 18.7 Å². The number of hydrogen-bond donors (Lipinski definition) is 0. The summed E-state index contributed by atoms with van der Waals surface area (Å²) < 4.78 is 85.7. The molecule has 0 amide bonds. The lowest BCUT2D eigenvalue weighted by atomic mass is 10.2. The number of halogens is 5. The molecule has 154 valence electrons. The van der Waals surface area contributed by atoms with Gasteiger partial charge in [-0.15, -0.1) is 0 Å². The maximum Gasteiger partial charge on any atom is 0.313 e. The first-order valence-corrected chi connectivity index (χ1v) is 11.5. The third-order valence-corrected chi connectivity index (χ3v) is 4.04. The predicted octanol–water partition coefficient (Wildman–Crippen LogP) is 3.56. The number of carbonyl (C=O) groups is 1. The lowest BCUT2D eigenvalue weighted by Gasteiger charge is -2.16. The van der Waals surface area contributed by atoms with Gasteiger partial charge in [-0.05, 0) is 19.6 Å². The van der Waals surface area contributed by atoms with Gasteiger partial charge in [0.2, 0.25) is 34.8 Å². The van der Waals surface area contributed by atoms with Crippen molar-refractivity contribution in [1.82, 2.24) is 0 Å². The quantitative estimate of drug-likeness (QED) is 0.105. The number of rotatable bonds is 11. The number of hydrogen-bond acceptors (Lipinski definition) is 5. The van der Waals surface area contributed by atoms with E-state index in [9.17, 15) is 26.7 Å². The minimum Gasteiger partial charge on any atom is -0.420 e. The van der Waals surface area contributed by atoms with Crippen molar-refractivity contribution < 1.29 is 45.4 Å². The lowest BCUT2D eigenvalue weighted by Crippen LogP contribution is -2.27.